The molecule has 0 saturated heterocycles. The van der Waals surface area contributed by atoms with E-state index in [4.69, 9.17) is 11.6 Å². The Morgan fingerprint density at radius 1 is 1.07 bits per heavy atom. The Bertz CT molecular complexity index is 1070. The van der Waals surface area contributed by atoms with E-state index in [1.807, 2.05) is 0 Å². The summed E-state index contributed by atoms with van der Waals surface area (Å²) >= 11 is 7.41. The number of rotatable bonds is 5. The van der Waals surface area contributed by atoms with Gasteiger partial charge in [-0.1, -0.05) is 23.7 Å². The molecule has 3 rings (SSSR count). The molecule has 9 heteroatoms. The number of carbonyl (C=O) groups excluding carboxylic acids is 2. The van der Waals surface area contributed by atoms with Gasteiger partial charge in [-0.15, -0.1) is 11.3 Å². The summed E-state index contributed by atoms with van der Waals surface area (Å²) in [7, 11) is 0. The van der Waals surface area contributed by atoms with E-state index in [1.165, 1.54) is 35.6 Å². The second kappa shape index (κ2) is 8.20. The molecule has 0 atom stereocenters. The van der Waals surface area contributed by atoms with Crippen LogP contribution in [0.15, 0.2) is 53.9 Å². The van der Waals surface area contributed by atoms with E-state index in [2.05, 4.69) is 10.6 Å². The minimum atomic E-state index is -0.508. The highest BCUT2D eigenvalue weighted by atomic mass is 35.5. The number of carbonyl (C=O) groups is 2. The summed E-state index contributed by atoms with van der Waals surface area (Å²) in [6, 6.07) is 12.3. The maximum absolute atomic E-state index is 12.5. The summed E-state index contributed by atoms with van der Waals surface area (Å²) in [6.07, 6.45) is 0. The van der Waals surface area contributed by atoms with Gasteiger partial charge in [-0.3, -0.25) is 19.7 Å². The predicted octanol–water partition coefficient (Wildman–Crippen LogP) is 5.12. The second-order valence-corrected chi connectivity index (χ2v) is 7.19. The average Bonchev–Trinajstić information content (AvgIpc) is 3.19. The first kappa shape index (κ1) is 19.5. The highest BCUT2D eigenvalue weighted by Crippen LogP contribution is 2.26. The van der Waals surface area contributed by atoms with Crippen molar-refractivity contribution in [2.24, 2.45) is 0 Å². The van der Waals surface area contributed by atoms with Crippen LogP contribution in [0.3, 0.4) is 0 Å². The van der Waals surface area contributed by atoms with Gasteiger partial charge in [-0.05, 0) is 42.6 Å². The van der Waals surface area contributed by atoms with E-state index < -0.39 is 10.8 Å². The van der Waals surface area contributed by atoms with Crippen molar-refractivity contribution in [3.05, 3.63) is 85.1 Å². The van der Waals surface area contributed by atoms with Gasteiger partial charge in [0.25, 0.3) is 17.5 Å². The lowest BCUT2D eigenvalue weighted by atomic mass is 10.1. The van der Waals surface area contributed by atoms with Crippen molar-refractivity contribution in [1.82, 2.24) is 0 Å². The molecular formula is C19H14ClN3O4S. The largest absolute Gasteiger partial charge is 0.322 e. The summed E-state index contributed by atoms with van der Waals surface area (Å²) in [5, 5.41) is 18.4. The number of anilines is 2. The van der Waals surface area contributed by atoms with Gasteiger partial charge in [0.15, 0.2) is 0 Å². The van der Waals surface area contributed by atoms with Crippen LogP contribution in [-0.4, -0.2) is 16.7 Å². The number of nitrogens with one attached hydrogen (secondary N) is 2. The molecule has 142 valence electrons. The van der Waals surface area contributed by atoms with Gasteiger partial charge in [0.2, 0.25) is 0 Å². The third-order valence-electron chi connectivity index (χ3n) is 3.89. The van der Waals surface area contributed by atoms with Crippen LogP contribution in [0.5, 0.6) is 0 Å². The number of nitro groups is 1. The number of hydrogen-bond donors (Lipinski definition) is 2. The first-order chi connectivity index (χ1) is 13.3. The van der Waals surface area contributed by atoms with Crippen LogP contribution in [0.4, 0.5) is 17.1 Å². The summed E-state index contributed by atoms with van der Waals surface area (Å²) in [6.45, 7) is 1.62. The van der Waals surface area contributed by atoms with Crippen LogP contribution in [0.2, 0.25) is 5.02 Å². The van der Waals surface area contributed by atoms with Gasteiger partial charge in [-0.2, -0.15) is 0 Å². The molecule has 0 spiro atoms. The Balaban J connectivity index is 1.80. The van der Waals surface area contributed by atoms with Crippen LogP contribution < -0.4 is 10.6 Å². The van der Waals surface area contributed by atoms with Crippen molar-refractivity contribution in [3.8, 4) is 0 Å². The Morgan fingerprint density at radius 2 is 1.86 bits per heavy atom. The number of benzene rings is 2. The summed E-state index contributed by atoms with van der Waals surface area (Å²) in [5.74, 6) is -0.815. The molecule has 0 bridgehead atoms. The third kappa shape index (κ3) is 4.36. The summed E-state index contributed by atoms with van der Waals surface area (Å²) < 4.78 is 0. The third-order valence-corrected chi connectivity index (χ3v) is 5.08. The van der Waals surface area contributed by atoms with Crippen molar-refractivity contribution >= 4 is 51.8 Å². The van der Waals surface area contributed by atoms with E-state index in [0.29, 0.717) is 21.8 Å². The molecule has 0 aliphatic heterocycles. The molecule has 0 unspecified atom stereocenters. The Labute approximate surface area is 169 Å². The maximum atomic E-state index is 12.5. The van der Waals surface area contributed by atoms with Crippen molar-refractivity contribution in [2.45, 2.75) is 6.92 Å². The van der Waals surface area contributed by atoms with Gasteiger partial charge in [0, 0.05) is 22.9 Å². The Kier molecular flexibility index (Phi) is 5.72. The minimum Gasteiger partial charge on any atom is -0.322 e. The second-order valence-electron chi connectivity index (χ2n) is 5.84. The Morgan fingerprint density at radius 3 is 2.54 bits per heavy atom. The monoisotopic (exact) mass is 415 g/mol. The number of aryl methyl sites for hydroxylation is 1. The number of halogens is 1. The van der Waals surface area contributed by atoms with Crippen LogP contribution in [0, 0.1) is 17.0 Å². The first-order valence-electron chi connectivity index (χ1n) is 8.06. The lowest BCUT2D eigenvalue weighted by molar-refractivity contribution is -0.385. The minimum absolute atomic E-state index is 0.0854. The van der Waals surface area contributed by atoms with Gasteiger partial charge < -0.3 is 10.6 Å². The van der Waals surface area contributed by atoms with Crippen molar-refractivity contribution in [2.75, 3.05) is 10.6 Å². The van der Waals surface area contributed by atoms with Crippen molar-refractivity contribution in [3.63, 3.8) is 0 Å². The predicted molar refractivity (Wildman–Crippen MR) is 110 cm³/mol. The fraction of sp³-hybridized carbons (Fsp3) is 0.0526. The molecule has 0 aliphatic rings. The normalized spacial score (nSPS) is 10.4. The fourth-order valence-corrected chi connectivity index (χ4v) is 3.22. The molecule has 7 nitrogen and oxygen atoms in total. The van der Waals surface area contributed by atoms with Gasteiger partial charge >= 0.3 is 0 Å². The number of nitrogens with zero attached hydrogens (tertiary/aromatic N) is 1. The van der Waals surface area contributed by atoms with Crippen molar-refractivity contribution in [1.29, 1.82) is 0 Å². The fourth-order valence-electron chi connectivity index (χ4n) is 2.44. The molecule has 2 aromatic carbocycles. The number of thiophene rings is 1. The number of nitro benzene ring substituents is 1. The van der Waals surface area contributed by atoms with Crippen LogP contribution in [-0.2, 0) is 0 Å². The van der Waals surface area contributed by atoms with Gasteiger partial charge in [0.05, 0.1) is 20.5 Å². The highest BCUT2D eigenvalue weighted by molar-refractivity contribution is 7.12. The van der Waals surface area contributed by atoms with E-state index in [-0.39, 0.29) is 22.2 Å². The quantitative estimate of drug-likeness (QED) is 0.445. The SMILES string of the molecule is Cc1ccc(NC(=O)c2ccc(Cl)c(NC(=O)c3cccs3)c2)cc1[N+](=O)[O-]. The zero-order chi connectivity index (χ0) is 20.3. The molecule has 1 aromatic heterocycles. The topological polar surface area (TPSA) is 101 Å². The van der Waals surface area contributed by atoms with E-state index in [1.54, 1.807) is 36.6 Å². The average molecular weight is 416 g/mol. The zero-order valence-corrected chi connectivity index (χ0v) is 16.1. The smallest absolute Gasteiger partial charge is 0.274 e. The molecule has 28 heavy (non-hydrogen) atoms. The molecule has 0 aliphatic carbocycles. The van der Waals surface area contributed by atoms with E-state index in [9.17, 15) is 19.7 Å². The lowest BCUT2D eigenvalue weighted by Gasteiger charge is -2.10. The molecule has 0 fully saturated rings. The van der Waals surface area contributed by atoms with Crippen LogP contribution in [0.1, 0.15) is 25.6 Å². The van der Waals surface area contributed by atoms with E-state index >= 15 is 0 Å². The molecule has 0 saturated carbocycles. The van der Waals surface area contributed by atoms with Crippen molar-refractivity contribution < 1.29 is 14.5 Å². The van der Waals surface area contributed by atoms with Gasteiger partial charge in [-0.25, -0.2) is 0 Å². The lowest BCUT2D eigenvalue weighted by Crippen LogP contribution is -2.14. The molecule has 2 N–H and O–H groups in total. The first-order valence-corrected chi connectivity index (χ1v) is 9.31. The van der Waals surface area contributed by atoms with Gasteiger partial charge in [0.1, 0.15) is 0 Å². The highest BCUT2D eigenvalue weighted by Gasteiger charge is 2.15. The number of amides is 2. The summed E-state index contributed by atoms with van der Waals surface area (Å²) in [4.78, 5) is 35.8. The molecular weight excluding hydrogens is 402 g/mol. The zero-order valence-electron chi connectivity index (χ0n) is 14.6. The molecule has 1 heterocycles. The summed E-state index contributed by atoms with van der Waals surface area (Å²) in [5.41, 5.74) is 1.24. The number of hydrogen-bond acceptors (Lipinski definition) is 5. The van der Waals surface area contributed by atoms with Crippen LogP contribution >= 0.6 is 22.9 Å². The standard InChI is InChI=1S/C19H14ClN3O4S/c1-11-4-6-13(10-16(11)23(26)27)21-18(24)12-5-7-14(20)15(9-12)22-19(25)17-3-2-8-28-17/h2-10H,1H3,(H,21,24)(H,22,25). The molecule has 2 amide bonds. The van der Waals surface area contributed by atoms with E-state index in [0.717, 1.165) is 0 Å². The Hall–Kier alpha value is -3.23. The van der Waals surface area contributed by atoms with Crippen LogP contribution in [0.25, 0.3) is 0 Å². The molecule has 0 radical (unpaired) electrons. The molecule has 3 aromatic rings. The maximum Gasteiger partial charge on any atom is 0.274 e.